The maximum absolute atomic E-state index is 12.7. The summed E-state index contributed by atoms with van der Waals surface area (Å²) in [5, 5.41) is 11.5. The van der Waals surface area contributed by atoms with Crippen molar-refractivity contribution in [3.63, 3.8) is 0 Å². The molecule has 0 heterocycles. The Kier molecular flexibility index (Phi) is 6.26. The number of benzene rings is 2. The summed E-state index contributed by atoms with van der Waals surface area (Å²) in [5.41, 5.74) is -0.623. The van der Waals surface area contributed by atoms with Crippen LogP contribution < -0.4 is 10.1 Å². The molecule has 1 N–H and O–H groups in total. The van der Waals surface area contributed by atoms with Crippen molar-refractivity contribution in [2.75, 3.05) is 12.4 Å². The molecule has 1 amide bonds. The summed E-state index contributed by atoms with van der Waals surface area (Å²) in [7, 11) is 1.49. The Balaban J connectivity index is 2.27. The molecule has 0 saturated heterocycles. The van der Waals surface area contributed by atoms with Gasteiger partial charge in [0.15, 0.2) is 0 Å². The number of ether oxygens (including phenoxy) is 1. The summed E-state index contributed by atoms with van der Waals surface area (Å²) in [6, 6.07) is 11.1. The van der Waals surface area contributed by atoms with Gasteiger partial charge in [0.25, 0.3) is 5.91 Å². The monoisotopic (exact) mass is 472 g/mol. The third-order valence-electron chi connectivity index (χ3n) is 3.25. The van der Waals surface area contributed by atoms with E-state index in [-0.39, 0.29) is 11.3 Å². The molecule has 0 aliphatic heterocycles. The topological polar surface area (TPSA) is 62.1 Å². The van der Waals surface area contributed by atoms with Crippen LogP contribution in [0.4, 0.5) is 18.9 Å². The van der Waals surface area contributed by atoms with Crippen LogP contribution in [0.2, 0.25) is 0 Å². The lowest BCUT2D eigenvalue weighted by atomic mass is 10.1. The number of rotatable bonds is 4. The molecule has 0 aliphatic carbocycles. The normalized spacial score (nSPS) is 11.6. The summed E-state index contributed by atoms with van der Waals surface area (Å²) in [4.78, 5) is 12.2. The maximum Gasteiger partial charge on any atom is 0.416 e. The van der Waals surface area contributed by atoms with Crippen molar-refractivity contribution in [1.29, 1.82) is 5.26 Å². The Morgan fingerprint density at radius 1 is 1.27 bits per heavy atom. The number of nitriles is 1. The Morgan fingerprint density at radius 2 is 2.00 bits per heavy atom. The van der Waals surface area contributed by atoms with E-state index >= 15 is 0 Å². The summed E-state index contributed by atoms with van der Waals surface area (Å²) in [5.74, 6) is -0.247. The zero-order valence-corrected chi connectivity index (χ0v) is 15.6. The van der Waals surface area contributed by atoms with E-state index in [2.05, 4.69) is 27.9 Å². The minimum absolute atomic E-state index is 0.0498. The van der Waals surface area contributed by atoms with Crippen LogP contribution in [0.1, 0.15) is 11.1 Å². The smallest absolute Gasteiger partial charge is 0.416 e. The van der Waals surface area contributed by atoms with E-state index in [0.717, 1.165) is 15.7 Å². The number of halogens is 4. The molecule has 0 atom stereocenters. The van der Waals surface area contributed by atoms with Crippen molar-refractivity contribution in [3.8, 4) is 11.8 Å². The highest BCUT2D eigenvalue weighted by atomic mass is 127. The molecule has 0 unspecified atom stereocenters. The maximum atomic E-state index is 12.7. The number of nitrogens with one attached hydrogen (secondary N) is 1. The highest BCUT2D eigenvalue weighted by molar-refractivity contribution is 14.1. The number of carbonyl (C=O) groups excluding carboxylic acids is 1. The van der Waals surface area contributed by atoms with Crippen molar-refractivity contribution in [3.05, 3.63) is 62.7 Å². The molecule has 0 aliphatic rings. The van der Waals surface area contributed by atoms with Gasteiger partial charge in [-0.25, -0.2) is 0 Å². The lowest BCUT2D eigenvalue weighted by Crippen LogP contribution is -2.14. The molecule has 2 aromatic carbocycles. The van der Waals surface area contributed by atoms with E-state index in [1.54, 1.807) is 24.3 Å². The number of carbonyl (C=O) groups is 1. The van der Waals surface area contributed by atoms with Gasteiger partial charge in [-0.2, -0.15) is 18.4 Å². The number of alkyl halides is 3. The van der Waals surface area contributed by atoms with Gasteiger partial charge >= 0.3 is 6.18 Å². The van der Waals surface area contributed by atoms with E-state index in [1.165, 1.54) is 25.3 Å². The highest BCUT2D eigenvalue weighted by Crippen LogP contribution is 2.30. The van der Waals surface area contributed by atoms with Gasteiger partial charge < -0.3 is 10.1 Å². The molecule has 0 spiro atoms. The number of amides is 1. The van der Waals surface area contributed by atoms with Crippen molar-refractivity contribution < 1.29 is 22.7 Å². The van der Waals surface area contributed by atoms with E-state index in [0.29, 0.717) is 11.3 Å². The SMILES string of the molecule is COc1cc(I)cc(/C=C(\C#N)C(=O)Nc2cccc(C(F)(F)F)c2)c1. The third kappa shape index (κ3) is 5.23. The van der Waals surface area contributed by atoms with Crippen LogP contribution in [0.25, 0.3) is 6.08 Å². The minimum atomic E-state index is -4.52. The fourth-order valence-electron chi connectivity index (χ4n) is 2.07. The summed E-state index contributed by atoms with van der Waals surface area (Å²) >= 11 is 2.06. The van der Waals surface area contributed by atoms with Gasteiger partial charge in [-0.15, -0.1) is 0 Å². The first kappa shape index (κ1) is 19.8. The first-order valence-corrected chi connectivity index (χ1v) is 8.26. The van der Waals surface area contributed by atoms with Crippen LogP contribution in [-0.4, -0.2) is 13.0 Å². The molecule has 26 heavy (non-hydrogen) atoms. The number of nitrogens with zero attached hydrogens (tertiary/aromatic N) is 1. The third-order valence-corrected chi connectivity index (χ3v) is 3.88. The van der Waals surface area contributed by atoms with Crippen LogP contribution in [0, 0.1) is 14.9 Å². The molecule has 0 radical (unpaired) electrons. The Labute approximate surface area is 161 Å². The fraction of sp³-hybridized carbons (Fsp3) is 0.111. The van der Waals surface area contributed by atoms with Gasteiger partial charge in [0, 0.05) is 9.26 Å². The highest BCUT2D eigenvalue weighted by Gasteiger charge is 2.30. The lowest BCUT2D eigenvalue weighted by Gasteiger charge is -2.09. The fourth-order valence-corrected chi connectivity index (χ4v) is 2.74. The molecule has 0 aromatic heterocycles. The van der Waals surface area contributed by atoms with Gasteiger partial charge in [-0.05, 0) is 70.6 Å². The van der Waals surface area contributed by atoms with Crippen LogP contribution in [0.5, 0.6) is 5.75 Å². The predicted molar refractivity (Wildman–Crippen MR) is 99.4 cm³/mol. The summed E-state index contributed by atoms with van der Waals surface area (Å²) in [6.07, 6.45) is -3.18. The van der Waals surface area contributed by atoms with Gasteiger partial charge in [0.2, 0.25) is 0 Å². The first-order chi connectivity index (χ1) is 12.2. The van der Waals surface area contributed by atoms with Crippen molar-refractivity contribution >= 4 is 40.3 Å². The van der Waals surface area contributed by atoms with Gasteiger partial charge in [0.05, 0.1) is 12.7 Å². The zero-order valence-electron chi connectivity index (χ0n) is 13.4. The summed E-state index contributed by atoms with van der Waals surface area (Å²) in [6.45, 7) is 0. The second-order valence-electron chi connectivity index (χ2n) is 5.13. The minimum Gasteiger partial charge on any atom is -0.497 e. The van der Waals surface area contributed by atoms with Crippen LogP contribution >= 0.6 is 22.6 Å². The number of hydrogen-bond donors (Lipinski definition) is 1. The molecule has 0 saturated carbocycles. The van der Waals surface area contributed by atoms with E-state index in [9.17, 15) is 23.2 Å². The standard InChI is InChI=1S/C18H12F3IN2O2/c1-26-16-7-11(6-14(22)9-16)5-12(10-23)17(25)24-15-4-2-3-13(8-15)18(19,20)21/h2-9H,1H3,(H,24,25)/b12-5+. The average Bonchev–Trinajstić information content (AvgIpc) is 2.58. The second kappa shape index (κ2) is 8.23. The van der Waals surface area contributed by atoms with Crippen LogP contribution in [0.3, 0.4) is 0 Å². The molecule has 4 nitrogen and oxygen atoms in total. The molecule has 8 heteroatoms. The Morgan fingerprint density at radius 3 is 2.62 bits per heavy atom. The van der Waals surface area contributed by atoms with Crippen molar-refractivity contribution in [1.82, 2.24) is 0 Å². The summed E-state index contributed by atoms with van der Waals surface area (Å²) < 4.78 is 44.2. The zero-order chi connectivity index (χ0) is 19.3. The number of methoxy groups -OCH3 is 1. The number of anilines is 1. The van der Waals surface area contributed by atoms with Gasteiger partial charge in [-0.3, -0.25) is 4.79 Å². The van der Waals surface area contributed by atoms with Gasteiger partial charge in [-0.1, -0.05) is 6.07 Å². The van der Waals surface area contributed by atoms with E-state index in [1.807, 2.05) is 0 Å². The Bertz CT molecular complexity index is 902. The molecule has 0 bridgehead atoms. The van der Waals surface area contributed by atoms with E-state index < -0.39 is 17.6 Å². The molecular weight excluding hydrogens is 460 g/mol. The number of hydrogen-bond acceptors (Lipinski definition) is 3. The molecule has 2 rings (SSSR count). The largest absolute Gasteiger partial charge is 0.497 e. The quantitative estimate of drug-likeness (QED) is 0.393. The van der Waals surface area contributed by atoms with Gasteiger partial charge in [0.1, 0.15) is 17.4 Å². The van der Waals surface area contributed by atoms with Crippen molar-refractivity contribution in [2.24, 2.45) is 0 Å². The second-order valence-corrected chi connectivity index (χ2v) is 6.37. The van der Waals surface area contributed by atoms with Crippen molar-refractivity contribution in [2.45, 2.75) is 6.18 Å². The molecule has 2 aromatic rings. The lowest BCUT2D eigenvalue weighted by molar-refractivity contribution is -0.137. The molecule has 134 valence electrons. The average molecular weight is 472 g/mol. The molecule has 0 fully saturated rings. The first-order valence-electron chi connectivity index (χ1n) is 7.18. The van der Waals surface area contributed by atoms with Crippen LogP contribution in [0.15, 0.2) is 48.0 Å². The Hall–Kier alpha value is -2.54. The molecular formula is C18H12F3IN2O2. The van der Waals surface area contributed by atoms with Crippen LogP contribution in [-0.2, 0) is 11.0 Å². The van der Waals surface area contributed by atoms with E-state index in [4.69, 9.17) is 4.74 Å². The predicted octanol–water partition coefficient (Wildman–Crippen LogP) is 4.86.